The molecule has 0 bridgehead atoms. The Bertz CT molecular complexity index is 1040. The average molecular weight is 498 g/mol. The normalized spacial score (nSPS) is 46.6. The monoisotopic (exact) mass is 497 g/mol. The average Bonchev–Trinajstić information content (AvgIpc) is 3.44. The smallest absolute Gasteiger partial charge is 0.335 e. The van der Waals surface area contributed by atoms with Gasteiger partial charge in [-0.25, -0.2) is 4.79 Å². The summed E-state index contributed by atoms with van der Waals surface area (Å²) in [5.41, 5.74) is -0.591. The maximum absolute atomic E-state index is 12.7. The number of carboxylic acids is 1. The summed E-state index contributed by atoms with van der Waals surface area (Å²) in [6.45, 7) is 7.25. The van der Waals surface area contributed by atoms with Gasteiger partial charge in [-0.2, -0.15) is 0 Å². The molecule has 1 saturated heterocycles. The molecule has 5 fully saturated rings. The van der Waals surface area contributed by atoms with Gasteiger partial charge in [0.1, 0.15) is 0 Å². The third-order valence-corrected chi connectivity index (χ3v) is 12.1. The number of hydrogen-bond acceptors (Lipinski definition) is 5. The van der Waals surface area contributed by atoms with E-state index >= 15 is 0 Å². The fourth-order valence-electron chi connectivity index (χ4n) is 10.5. The molecule has 1 aromatic rings. The molecule has 198 valence electrons. The van der Waals surface area contributed by atoms with Gasteiger partial charge in [0.15, 0.2) is 0 Å². The van der Waals surface area contributed by atoms with Gasteiger partial charge in [-0.3, -0.25) is 4.79 Å². The van der Waals surface area contributed by atoms with Crippen molar-refractivity contribution in [3.05, 3.63) is 34.4 Å². The van der Waals surface area contributed by atoms with Crippen LogP contribution in [0.15, 0.2) is 27.6 Å². The Balaban J connectivity index is 1.31. The molecule has 2 N–H and O–H groups in total. The highest BCUT2D eigenvalue weighted by Gasteiger charge is 2.69. The van der Waals surface area contributed by atoms with Crippen LogP contribution in [0.5, 0.6) is 0 Å². The highest BCUT2D eigenvalue weighted by atomic mass is 16.4. The van der Waals surface area contributed by atoms with Crippen molar-refractivity contribution in [2.24, 2.45) is 34.5 Å². The summed E-state index contributed by atoms with van der Waals surface area (Å²) in [6, 6.07) is 3.97. The molecule has 0 amide bonds. The molecule has 5 aliphatic rings. The van der Waals surface area contributed by atoms with E-state index in [9.17, 15) is 19.8 Å². The predicted octanol–water partition coefficient (Wildman–Crippen LogP) is 5.05. The molecule has 4 saturated carbocycles. The lowest BCUT2D eigenvalue weighted by Gasteiger charge is -2.64. The standard InChI is InChI=1S/C30H43NO5/c1-28-11-9-22(31-13-3-4-14-31)16-21(28)6-7-24-23(28)10-12-29(2)27(19-5-8-26(34)36-18-19)20(15-25(32)33)17-30(24,29)35/h5,8,18,20-24,27,35H,3-4,6-7,9-17H2,1-2H3,(H,32,33)/t20-,21-,22?,23+,24-,27+,28+,29-,30+/m1/s1. The number of aliphatic hydroxyl groups is 1. The summed E-state index contributed by atoms with van der Waals surface area (Å²) >= 11 is 0. The van der Waals surface area contributed by atoms with Gasteiger partial charge in [0.2, 0.25) is 0 Å². The van der Waals surface area contributed by atoms with E-state index in [-0.39, 0.29) is 29.6 Å². The van der Waals surface area contributed by atoms with Gasteiger partial charge >= 0.3 is 11.6 Å². The quantitative estimate of drug-likeness (QED) is 0.605. The van der Waals surface area contributed by atoms with E-state index in [1.54, 1.807) is 6.07 Å². The first-order chi connectivity index (χ1) is 17.2. The molecule has 4 aliphatic carbocycles. The molecule has 6 rings (SSSR count). The number of fused-ring (bicyclic) bond motifs is 5. The van der Waals surface area contributed by atoms with Crippen LogP contribution >= 0.6 is 0 Å². The number of hydrogen-bond donors (Lipinski definition) is 2. The van der Waals surface area contributed by atoms with Gasteiger partial charge in [-0.05, 0) is 124 Å². The highest BCUT2D eigenvalue weighted by Crippen LogP contribution is 2.72. The van der Waals surface area contributed by atoms with Gasteiger partial charge < -0.3 is 19.5 Å². The number of rotatable bonds is 4. The van der Waals surface area contributed by atoms with E-state index in [0.29, 0.717) is 12.3 Å². The van der Waals surface area contributed by atoms with Crippen LogP contribution in [-0.4, -0.2) is 45.8 Å². The number of carboxylic acid groups (broad SMARTS) is 1. The topological polar surface area (TPSA) is 91.0 Å². The second-order valence-corrected chi connectivity index (χ2v) is 13.5. The van der Waals surface area contributed by atoms with E-state index in [4.69, 9.17) is 4.42 Å². The van der Waals surface area contributed by atoms with Gasteiger partial charge in [0, 0.05) is 23.9 Å². The molecule has 36 heavy (non-hydrogen) atoms. The second-order valence-electron chi connectivity index (χ2n) is 13.5. The van der Waals surface area contributed by atoms with Gasteiger partial charge in [0.25, 0.3) is 0 Å². The lowest BCUT2D eigenvalue weighted by Crippen LogP contribution is -2.62. The van der Waals surface area contributed by atoms with Gasteiger partial charge in [-0.15, -0.1) is 0 Å². The minimum atomic E-state index is -0.892. The molecule has 2 heterocycles. The molecule has 1 unspecified atom stereocenters. The van der Waals surface area contributed by atoms with Crippen molar-refractivity contribution in [3.8, 4) is 0 Å². The van der Waals surface area contributed by atoms with Crippen molar-refractivity contribution in [3.63, 3.8) is 0 Å². The van der Waals surface area contributed by atoms with E-state index in [2.05, 4.69) is 18.7 Å². The van der Waals surface area contributed by atoms with E-state index in [1.165, 1.54) is 63.9 Å². The number of likely N-dealkylation sites (tertiary alicyclic amines) is 1. The summed E-state index contributed by atoms with van der Waals surface area (Å²) in [5, 5.41) is 22.4. The zero-order chi connectivity index (χ0) is 25.3. The minimum absolute atomic E-state index is 0.0382. The highest BCUT2D eigenvalue weighted by molar-refractivity contribution is 5.67. The maximum atomic E-state index is 12.7. The Morgan fingerprint density at radius 3 is 2.56 bits per heavy atom. The Hall–Kier alpha value is -1.66. The van der Waals surface area contributed by atoms with Crippen LogP contribution in [0, 0.1) is 34.5 Å². The largest absolute Gasteiger partial charge is 0.481 e. The fourth-order valence-corrected chi connectivity index (χ4v) is 10.5. The Kier molecular flexibility index (Phi) is 5.95. The third kappa shape index (κ3) is 3.57. The van der Waals surface area contributed by atoms with Crippen molar-refractivity contribution < 1.29 is 19.4 Å². The zero-order valence-corrected chi connectivity index (χ0v) is 22.0. The summed E-state index contributed by atoms with van der Waals surface area (Å²) in [6.07, 6.45) is 12.8. The van der Waals surface area contributed by atoms with E-state index < -0.39 is 22.6 Å². The second kappa shape index (κ2) is 8.69. The first-order valence-electron chi connectivity index (χ1n) is 14.4. The third-order valence-electron chi connectivity index (χ3n) is 12.1. The fraction of sp³-hybridized carbons (Fsp3) is 0.800. The van der Waals surface area contributed by atoms with Gasteiger partial charge in [-0.1, -0.05) is 13.8 Å². The minimum Gasteiger partial charge on any atom is -0.481 e. The number of carbonyl (C=O) groups is 1. The van der Waals surface area contributed by atoms with Crippen LogP contribution in [0.1, 0.15) is 96.0 Å². The molecule has 6 nitrogen and oxygen atoms in total. The molecule has 1 aliphatic heterocycles. The summed E-state index contributed by atoms with van der Waals surface area (Å²) in [5.74, 6) is 0.313. The predicted molar refractivity (Wildman–Crippen MR) is 137 cm³/mol. The van der Waals surface area contributed by atoms with Crippen LogP contribution in [0.2, 0.25) is 0 Å². The number of nitrogens with zero attached hydrogens (tertiary/aromatic N) is 1. The maximum Gasteiger partial charge on any atom is 0.335 e. The SMILES string of the molecule is C[C@]12CCC(N3CCCC3)C[C@H]1CC[C@@H]1[C@@H]2CC[C@]2(C)[C@@H](c3ccc(=O)oc3)[C@H](CC(=O)O)C[C@]12O. The molecule has 1 aromatic heterocycles. The molecule has 9 atom stereocenters. The van der Waals surface area contributed by atoms with Crippen molar-refractivity contribution in [2.45, 2.75) is 102 Å². The van der Waals surface area contributed by atoms with E-state index in [0.717, 1.165) is 36.8 Å². The Morgan fingerprint density at radius 1 is 1.08 bits per heavy atom. The van der Waals surface area contributed by atoms with E-state index in [1.807, 2.05) is 0 Å². The summed E-state index contributed by atoms with van der Waals surface area (Å²) < 4.78 is 5.24. The molecule has 0 aromatic carbocycles. The molecular formula is C30H43NO5. The van der Waals surface area contributed by atoms with Crippen molar-refractivity contribution >= 4 is 5.97 Å². The number of aliphatic carboxylic acids is 1. The Labute approximate surface area is 214 Å². The molecule has 6 heteroatoms. The first-order valence-corrected chi connectivity index (χ1v) is 14.4. The zero-order valence-electron chi connectivity index (χ0n) is 22.0. The lowest BCUT2D eigenvalue weighted by molar-refractivity contribution is -0.203. The van der Waals surface area contributed by atoms with Crippen LogP contribution in [-0.2, 0) is 4.79 Å². The molecule has 0 radical (unpaired) electrons. The lowest BCUT2D eigenvalue weighted by atomic mass is 9.43. The Morgan fingerprint density at radius 2 is 1.86 bits per heavy atom. The summed E-state index contributed by atoms with van der Waals surface area (Å²) in [7, 11) is 0. The summed E-state index contributed by atoms with van der Waals surface area (Å²) in [4.78, 5) is 26.3. The van der Waals surface area contributed by atoms with Crippen LogP contribution in [0.25, 0.3) is 0 Å². The van der Waals surface area contributed by atoms with Gasteiger partial charge in [0.05, 0.1) is 11.9 Å². The van der Waals surface area contributed by atoms with Crippen LogP contribution in [0.4, 0.5) is 0 Å². The van der Waals surface area contributed by atoms with Crippen LogP contribution < -0.4 is 5.63 Å². The van der Waals surface area contributed by atoms with Crippen LogP contribution in [0.3, 0.4) is 0 Å². The van der Waals surface area contributed by atoms with Crippen molar-refractivity contribution in [1.29, 1.82) is 0 Å². The molecular weight excluding hydrogens is 454 g/mol. The molecule has 0 spiro atoms. The van der Waals surface area contributed by atoms with Crippen molar-refractivity contribution in [1.82, 2.24) is 4.90 Å². The first kappa shape index (κ1) is 24.7. The van der Waals surface area contributed by atoms with Crippen molar-refractivity contribution in [2.75, 3.05) is 13.1 Å².